The van der Waals surface area contributed by atoms with Gasteiger partial charge in [-0.1, -0.05) is 47.8 Å². The van der Waals surface area contributed by atoms with Crippen LogP contribution < -0.4 is 0 Å². The lowest BCUT2D eigenvalue weighted by molar-refractivity contribution is -0.348. The van der Waals surface area contributed by atoms with Crippen LogP contribution >= 0.6 is 57.4 Å². The summed E-state index contributed by atoms with van der Waals surface area (Å²) in [5.41, 5.74) is -7.73. The Morgan fingerprint density at radius 2 is 1.38 bits per heavy atom. The molecule has 0 unspecified atom stereocenters. The molecule has 0 fully saturated rings. The summed E-state index contributed by atoms with van der Waals surface area (Å²) in [6.07, 6.45) is -13.2. The van der Waals surface area contributed by atoms with Crippen molar-refractivity contribution in [3.05, 3.63) is 32.4 Å². The topological polar surface area (TPSA) is 0 Å². The summed E-state index contributed by atoms with van der Waals surface area (Å²) in [6, 6.07) is 1.85. The molecule has 1 aromatic carbocycles. The van der Waals surface area contributed by atoms with E-state index in [-0.39, 0.29) is 15.6 Å². The van der Waals surface area contributed by atoms with Crippen LogP contribution in [0.3, 0.4) is 0 Å². The molecule has 0 nitrogen and oxygen atoms in total. The Hall–Kier alpha value is 0.330. The number of halogens is 11. The Kier molecular flexibility index (Phi) is 6.67. The van der Waals surface area contributed by atoms with Gasteiger partial charge in [0.2, 0.25) is 0 Å². The van der Waals surface area contributed by atoms with Crippen LogP contribution in [0.1, 0.15) is 23.6 Å². The van der Waals surface area contributed by atoms with Crippen molar-refractivity contribution in [2.45, 2.75) is 41.6 Å². The Morgan fingerprint density at radius 3 is 1.71 bits per heavy atom. The predicted molar refractivity (Wildman–Crippen MR) is 87.4 cm³/mol. The van der Waals surface area contributed by atoms with Crippen LogP contribution in [-0.2, 0) is 18.5 Å². The molecule has 0 aliphatic rings. The minimum Gasteiger partial charge on any atom is -0.218 e. The van der Waals surface area contributed by atoms with E-state index in [9.17, 15) is 30.7 Å². The number of alkyl halides is 10. The molecule has 0 atom stereocenters. The molecule has 0 bridgehead atoms. The van der Waals surface area contributed by atoms with Gasteiger partial charge in [-0.05, 0) is 46.2 Å². The van der Waals surface area contributed by atoms with Gasteiger partial charge in [0.15, 0.2) is 3.79 Å². The second kappa shape index (κ2) is 7.15. The molecular weight excluding hydrogens is 522 g/mol. The molecule has 0 aliphatic carbocycles. The van der Waals surface area contributed by atoms with E-state index in [4.69, 9.17) is 34.8 Å². The molecule has 0 radical (unpaired) electrons. The van der Waals surface area contributed by atoms with Crippen LogP contribution in [-0.4, -0.2) is 16.1 Å². The largest absolute Gasteiger partial charge is 0.435 e. The van der Waals surface area contributed by atoms with Gasteiger partial charge in [0.25, 0.3) is 0 Å². The third-order valence-electron chi connectivity index (χ3n) is 3.19. The molecule has 0 aliphatic heterocycles. The summed E-state index contributed by atoms with van der Waals surface area (Å²) in [6.45, 7) is 1.50. The van der Waals surface area contributed by atoms with E-state index in [0.717, 1.165) is 0 Å². The van der Waals surface area contributed by atoms with E-state index >= 15 is 0 Å². The fourth-order valence-electron chi connectivity index (χ4n) is 2.05. The number of hydrogen-bond donors (Lipinski definition) is 0. The standard InChI is InChI=1S/C13H9Cl3F7I/c1-2-6-3-8(7(9(24)4-6)5-10(14,15)16)11(17,12(18,19)20)13(21,22)23/h3-4H,2,5H2,1H3. The highest BCUT2D eigenvalue weighted by atomic mass is 127. The Balaban J connectivity index is 3.85. The molecule has 0 saturated carbocycles. The van der Waals surface area contributed by atoms with E-state index in [2.05, 4.69) is 0 Å². The third-order valence-corrected chi connectivity index (χ3v) is 4.56. The van der Waals surface area contributed by atoms with Gasteiger partial charge >= 0.3 is 18.0 Å². The zero-order chi connectivity index (χ0) is 19.1. The summed E-state index contributed by atoms with van der Waals surface area (Å²) < 4.78 is 90.7. The molecular formula is C13H9Cl3F7I. The Morgan fingerprint density at radius 1 is 0.917 bits per heavy atom. The van der Waals surface area contributed by atoms with Gasteiger partial charge in [0, 0.05) is 15.6 Å². The molecule has 11 heteroatoms. The Labute approximate surface area is 161 Å². The minimum absolute atomic E-state index is 0.0520. The maximum Gasteiger partial charge on any atom is 0.435 e. The van der Waals surface area contributed by atoms with Crippen LogP contribution in [0.25, 0.3) is 0 Å². The van der Waals surface area contributed by atoms with Gasteiger partial charge < -0.3 is 0 Å². The lowest BCUT2D eigenvalue weighted by Gasteiger charge is -2.33. The van der Waals surface area contributed by atoms with Gasteiger partial charge in [0.1, 0.15) is 0 Å². The van der Waals surface area contributed by atoms with E-state index in [1.165, 1.54) is 35.6 Å². The van der Waals surface area contributed by atoms with Gasteiger partial charge in [-0.15, -0.1) is 0 Å². The van der Waals surface area contributed by atoms with Crippen molar-refractivity contribution in [3.63, 3.8) is 0 Å². The maximum atomic E-state index is 14.5. The SMILES string of the molecule is CCc1cc(I)c(CC(Cl)(Cl)Cl)c(C(F)(C(F)(F)F)C(F)(F)F)c1. The van der Waals surface area contributed by atoms with Crippen molar-refractivity contribution in [3.8, 4) is 0 Å². The predicted octanol–water partition coefficient (Wildman–Crippen LogP) is 7.06. The zero-order valence-corrected chi connectivity index (χ0v) is 16.2. The number of hydrogen-bond acceptors (Lipinski definition) is 0. The lowest BCUT2D eigenvalue weighted by Crippen LogP contribution is -2.51. The van der Waals surface area contributed by atoms with Crippen molar-refractivity contribution >= 4 is 57.4 Å². The van der Waals surface area contributed by atoms with E-state index in [0.29, 0.717) is 6.07 Å². The van der Waals surface area contributed by atoms with Gasteiger partial charge in [-0.2, -0.15) is 26.3 Å². The van der Waals surface area contributed by atoms with Crippen molar-refractivity contribution < 1.29 is 30.7 Å². The van der Waals surface area contributed by atoms with Crippen molar-refractivity contribution in [2.24, 2.45) is 0 Å². The fourth-order valence-corrected chi connectivity index (χ4v) is 3.33. The second-order valence-corrected chi connectivity index (χ2v) is 8.58. The van der Waals surface area contributed by atoms with E-state index < -0.39 is 39.4 Å². The molecule has 0 N–H and O–H groups in total. The highest BCUT2D eigenvalue weighted by molar-refractivity contribution is 14.1. The Bertz CT molecular complexity index is 591. The highest BCUT2D eigenvalue weighted by Gasteiger charge is 2.74. The molecule has 1 aromatic rings. The first-order valence-corrected chi connectivity index (χ1v) is 8.46. The lowest BCUT2D eigenvalue weighted by atomic mass is 9.87. The molecule has 0 aromatic heterocycles. The number of rotatable bonds is 3. The fraction of sp³-hybridized carbons (Fsp3) is 0.538. The van der Waals surface area contributed by atoms with Crippen LogP contribution in [0.5, 0.6) is 0 Å². The summed E-state index contributed by atoms with van der Waals surface area (Å²) in [5, 5.41) is 0. The molecule has 24 heavy (non-hydrogen) atoms. The summed E-state index contributed by atoms with van der Waals surface area (Å²) in [5.74, 6) is 0. The second-order valence-electron chi connectivity index (χ2n) is 4.90. The van der Waals surface area contributed by atoms with Crippen molar-refractivity contribution in [1.82, 2.24) is 0 Å². The first kappa shape index (κ1) is 22.4. The highest BCUT2D eigenvalue weighted by Crippen LogP contribution is 2.55. The molecule has 0 heterocycles. The first-order valence-electron chi connectivity index (χ1n) is 6.25. The van der Waals surface area contributed by atoms with E-state index in [1.54, 1.807) is 0 Å². The normalized spacial score (nSPS) is 14.2. The first-order chi connectivity index (χ1) is 10.5. The third kappa shape index (κ3) is 4.54. The number of benzene rings is 1. The summed E-state index contributed by atoms with van der Waals surface area (Å²) in [7, 11) is 0. The van der Waals surface area contributed by atoms with Crippen LogP contribution in [0.15, 0.2) is 12.1 Å². The van der Waals surface area contributed by atoms with Gasteiger partial charge in [-0.25, -0.2) is 4.39 Å². The molecule has 1 rings (SSSR count). The monoisotopic (exact) mass is 530 g/mol. The zero-order valence-electron chi connectivity index (χ0n) is 11.7. The average molecular weight is 531 g/mol. The van der Waals surface area contributed by atoms with Crippen LogP contribution in [0.4, 0.5) is 30.7 Å². The molecule has 138 valence electrons. The average Bonchev–Trinajstić information content (AvgIpc) is 2.35. The van der Waals surface area contributed by atoms with Crippen LogP contribution in [0.2, 0.25) is 0 Å². The maximum absolute atomic E-state index is 14.5. The van der Waals surface area contributed by atoms with E-state index in [1.807, 2.05) is 0 Å². The smallest absolute Gasteiger partial charge is 0.218 e. The van der Waals surface area contributed by atoms with Crippen molar-refractivity contribution in [2.75, 3.05) is 0 Å². The molecule has 0 amide bonds. The van der Waals surface area contributed by atoms with Gasteiger partial charge in [0.05, 0.1) is 0 Å². The molecule has 0 saturated heterocycles. The quantitative estimate of drug-likeness (QED) is 0.223. The number of aryl methyl sites for hydroxylation is 1. The van der Waals surface area contributed by atoms with Crippen LogP contribution in [0, 0.1) is 3.57 Å². The summed E-state index contributed by atoms with van der Waals surface area (Å²) in [4.78, 5) is 0. The molecule has 0 spiro atoms. The minimum atomic E-state index is -6.23. The van der Waals surface area contributed by atoms with Gasteiger partial charge in [-0.3, -0.25) is 0 Å². The summed E-state index contributed by atoms with van der Waals surface area (Å²) >= 11 is 18.0. The van der Waals surface area contributed by atoms with Crippen molar-refractivity contribution in [1.29, 1.82) is 0 Å².